The third kappa shape index (κ3) is 7.74. The summed E-state index contributed by atoms with van der Waals surface area (Å²) in [4.78, 5) is 22.2. The van der Waals surface area contributed by atoms with Crippen LogP contribution in [0, 0.1) is 5.41 Å². The first kappa shape index (κ1) is 15.9. The van der Waals surface area contributed by atoms with Crippen molar-refractivity contribution in [3.05, 3.63) is 0 Å². The number of aliphatic hydroxyl groups excluding tert-OH is 1. The van der Waals surface area contributed by atoms with E-state index < -0.39 is 0 Å². The van der Waals surface area contributed by atoms with Gasteiger partial charge in [-0.1, -0.05) is 20.8 Å². The van der Waals surface area contributed by atoms with Crippen LogP contribution >= 0.6 is 0 Å². The minimum atomic E-state index is -0.138. The Labute approximate surface area is 103 Å². The first-order chi connectivity index (χ1) is 7.77. The van der Waals surface area contributed by atoms with E-state index in [2.05, 4.69) is 10.6 Å². The van der Waals surface area contributed by atoms with Crippen molar-refractivity contribution in [3.63, 3.8) is 0 Å². The van der Waals surface area contributed by atoms with Gasteiger partial charge < -0.3 is 15.7 Å². The van der Waals surface area contributed by atoms with Crippen LogP contribution in [0.15, 0.2) is 0 Å². The number of nitrogens with one attached hydrogen (secondary N) is 2. The molecule has 0 aromatic heterocycles. The maximum Gasteiger partial charge on any atom is 0.222 e. The first-order valence-corrected chi connectivity index (χ1v) is 5.92. The number of rotatable bonds is 6. The summed E-state index contributed by atoms with van der Waals surface area (Å²) >= 11 is 0. The van der Waals surface area contributed by atoms with E-state index in [1.54, 1.807) is 0 Å². The summed E-state index contributed by atoms with van der Waals surface area (Å²) in [7, 11) is 0. The molecular weight excluding hydrogens is 220 g/mol. The minimum Gasteiger partial charge on any atom is -0.396 e. The van der Waals surface area contributed by atoms with E-state index >= 15 is 0 Å². The number of hydrogen-bond donors (Lipinski definition) is 3. The van der Waals surface area contributed by atoms with Gasteiger partial charge in [0.15, 0.2) is 0 Å². The third-order valence-electron chi connectivity index (χ3n) is 2.52. The zero-order valence-electron chi connectivity index (χ0n) is 11.2. The Morgan fingerprint density at radius 3 is 2.29 bits per heavy atom. The standard InChI is InChI=1S/C12H24N2O3/c1-9(16)13-7-5-11(17)14-10(6-8-15)12(2,3)4/h10,15H,5-8H2,1-4H3,(H,13,16)(H,14,17). The molecule has 0 aromatic rings. The van der Waals surface area contributed by atoms with Crippen molar-refractivity contribution in [2.45, 2.75) is 46.6 Å². The maximum absolute atomic E-state index is 11.6. The molecule has 0 fully saturated rings. The molecule has 5 heteroatoms. The molecule has 2 amide bonds. The quantitative estimate of drug-likeness (QED) is 0.634. The van der Waals surface area contributed by atoms with Crippen LogP contribution in [0.1, 0.15) is 40.5 Å². The van der Waals surface area contributed by atoms with Gasteiger partial charge >= 0.3 is 0 Å². The van der Waals surface area contributed by atoms with Gasteiger partial charge in [-0.25, -0.2) is 0 Å². The lowest BCUT2D eigenvalue weighted by Crippen LogP contribution is -2.45. The molecule has 0 radical (unpaired) electrons. The van der Waals surface area contributed by atoms with Crippen molar-refractivity contribution >= 4 is 11.8 Å². The second kappa shape index (κ2) is 7.27. The molecular formula is C12H24N2O3. The second-order valence-corrected chi connectivity index (χ2v) is 5.23. The Kier molecular flexibility index (Phi) is 6.80. The summed E-state index contributed by atoms with van der Waals surface area (Å²) in [6.07, 6.45) is 0.799. The van der Waals surface area contributed by atoms with E-state index in [0.29, 0.717) is 13.0 Å². The maximum atomic E-state index is 11.6. The summed E-state index contributed by atoms with van der Waals surface area (Å²) in [5, 5.41) is 14.4. The molecule has 1 atom stereocenters. The van der Waals surface area contributed by atoms with Gasteiger partial charge in [0.05, 0.1) is 0 Å². The van der Waals surface area contributed by atoms with Crippen molar-refractivity contribution in [2.24, 2.45) is 5.41 Å². The van der Waals surface area contributed by atoms with Crippen LogP contribution in [0.5, 0.6) is 0 Å². The fourth-order valence-electron chi connectivity index (χ4n) is 1.47. The minimum absolute atomic E-state index is 0.0495. The van der Waals surface area contributed by atoms with E-state index in [9.17, 15) is 9.59 Å². The Morgan fingerprint density at radius 1 is 1.29 bits per heavy atom. The van der Waals surface area contributed by atoms with E-state index in [1.807, 2.05) is 20.8 Å². The van der Waals surface area contributed by atoms with E-state index in [1.165, 1.54) is 6.92 Å². The summed E-state index contributed by atoms with van der Waals surface area (Å²) in [5.41, 5.74) is -0.0909. The monoisotopic (exact) mass is 244 g/mol. The number of aliphatic hydroxyl groups is 1. The third-order valence-corrected chi connectivity index (χ3v) is 2.52. The molecule has 3 N–H and O–H groups in total. The Balaban J connectivity index is 4.09. The lowest BCUT2D eigenvalue weighted by atomic mass is 9.85. The van der Waals surface area contributed by atoms with E-state index in [4.69, 9.17) is 5.11 Å². The SMILES string of the molecule is CC(=O)NCCC(=O)NC(CCO)C(C)(C)C. The van der Waals surface area contributed by atoms with Crippen LogP contribution in [0.4, 0.5) is 0 Å². The highest BCUT2D eigenvalue weighted by Crippen LogP contribution is 2.21. The second-order valence-electron chi connectivity index (χ2n) is 5.23. The van der Waals surface area contributed by atoms with E-state index in [-0.39, 0.29) is 36.3 Å². The number of carbonyl (C=O) groups excluding carboxylic acids is 2. The molecule has 0 heterocycles. The molecule has 0 aliphatic carbocycles. The van der Waals surface area contributed by atoms with Crippen molar-refractivity contribution in [1.29, 1.82) is 0 Å². The summed E-state index contributed by atoms with van der Waals surface area (Å²) in [6, 6.07) is -0.0580. The molecule has 0 spiro atoms. The fourth-order valence-corrected chi connectivity index (χ4v) is 1.47. The molecule has 0 saturated carbocycles. The molecule has 0 aliphatic rings. The van der Waals surface area contributed by atoms with Crippen LogP contribution in [0.25, 0.3) is 0 Å². The molecule has 0 aliphatic heterocycles. The highest BCUT2D eigenvalue weighted by Gasteiger charge is 2.25. The van der Waals surface area contributed by atoms with Gasteiger partial charge in [0.2, 0.25) is 11.8 Å². The average molecular weight is 244 g/mol. The van der Waals surface area contributed by atoms with Crippen molar-refractivity contribution in [3.8, 4) is 0 Å². The first-order valence-electron chi connectivity index (χ1n) is 5.92. The Bertz CT molecular complexity index is 259. The topological polar surface area (TPSA) is 78.4 Å². The average Bonchev–Trinajstić information content (AvgIpc) is 2.15. The zero-order valence-corrected chi connectivity index (χ0v) is 11.2. The molecule has 5 nitrogen and oxygen atoms in total. The molecule has 0 bridgehead atoms. The van der Waals surface area contributed by atoms with Crippen LogP contribution in [-0.4, -0.2) is 36.1 Å². The van der Waals surface area contributed by atoms with Crippen LogP contribution in [-0.2, 0) is 9.59 Å². The molecule has 0 saturated heterocycles. The molecule has 0 aromatic carbocycles. The van der Waals surface area contributed by atoms with Crippen molar-refractivity contribution < 1.29 is 14.7 Å². The van der Waals surface area contributed by atoms with Crippen LogP contribution < -0.4 is 10.6 Å². The summed E-state index contributed by atoms with van der Waals surface area (Å²) in [5.74, 6) is -0.243. The molecule has 17 heavy (non-hydrogen) atoms. The highest BCUT2D eigenvalue weighted by atomic mass is 16.3. The number of amides is 2. The van der Waals surface area contributed by atoms with Gasteiger partial charge in [0.1, 0.15) is 0 Å². The van der Waals surface area contributed by atoms with Gasteiger partial charge in [-0.3, -0.25) is 9.59 Å². The molecule has 1 unspecified atom stereocenters. The lowest BCUT2D eigenvalue weighted by molar-refractivity contribution is -0.123. The summed E-state index contributed by atoms with van der Waals surface area (Å²) < 4.78 is 0. The fraction of sp³-hybridized carbons (Fsp3) is 0.833. The normalized spacial score (nSPS) is 13.0. The lowest BCUT2D eigenvalue weighted by Gasteiger charge is -2.31. The smallest absolute Gasteiger partial charge is 0.222 e. The Morgan fingerprint density at radius 2 is 1.88 bits per heavy atom. The predicted molar refractivity (Wildman–Crippen MR) is 66.4 cm³/mol. The van der Waals surface area contributed by atoms with Crippen molar-refractivity contribution in [1.82, 2.24) is 10.6 Å². The Hall–Kier alpha value is -1.10. The predicted octanol–water partition coefficient (Wildman–Crippen LogP) is 0.426. The molecule has 0 rings (SSSR count). The van der Waals surface area contributed by atoms with Gasteiger partial charge in [-0.15, -0.1) is 0 Å². The largest absolute Gasteiger partial charge is 0.396 e. The van der Waals surface area contributed by atoms with Gasteiger partial charge in [0.25, 0.3) is 0 Å². The van der Waals surface area contributed by atoms with Crippen molar-refractivity contribution in [2.75, 3.05) is 13.2 Å². The zero-order chi connectivity index (χ0) is 13.5. The van der Waals surface area contributed by atoms with E-state index in [0.717, 1.165) is 0 Å². The van der Waals surface area contributed by atoms with Crippen LogP contribution in [0.2, 0.25) is 0 Å². The highest BCUT2D eigenvalue weighted by molar-refractivity contribution is 5.78. The summed E-state index contributed by atoms with van der Waals surface area (Å²) in [6.45, 7) is 7.86. The molecule has 100 valence electrons. The van der Waals surface area contributed by atoms with Gasteiger partial charge in [-0.05, 0) is 11.8 Å². The van der Waals surface area contributed by atoms with Gasteiger partial charge in [0, 0.05) is 32.5 Å². The van der Waals surface area contributed by atoms with Gasteiger partial charge in [-0.2, -0.15) is 0 Å². The number of hydrogen-bond acceptors (Lipinski definition) is 3. The van der Waals surface area contributed by atoms with Crippen LogP contribution in [0.3, 0.4) is 0 Å². The number of carbonyl (C=O) groups is 2.